The summed E-state index contributed by atoms with van der Waals surface area (Å²) in [6.07, 6.45) is 3.98. The van der Waals surface area contributed by atoms with Crippen molar-refractivity contribution in [3.05, 3.63) is 12.7 Å². The van der Waals surface area contributed by atoms with E-state index in [-0.39, 0.29) is 4.21 Å². The Labute approximate surface area is 59.3 Å². The minimum absolute atomic E-state index is 0.0434. The van der Waals surface area contributed by atoms with Crippen LogP contribution in [0.25, 0.3) is 0 Å². The average Bonchev–Trinajstić information content (AvgIpc) is 1.64. The molecular weight excluding hydrogens is 140 g/mol. The van der Waals surface area contributed by atoms with Gasteiger partial charge in [-0.05, 0) is 18.6 Å². The van der Waals surface area contributed by atoms with E-state index in [1.807, 2.05) is 17.8 Å². The first-order valence-corrected chi connectivity index (χ1v) is 4.07. The van der Waals surface area contributed by atoms with Crippen LogP contribution < -0.4 is 0 Å². The molecule has 1 aliphatic heterocycles. The maximum absolute atomic E-state index is 6.00. The highest BCUT2D eigenvalue weighted by Gasteiger charge is 2.33. The van der Waals surface area contributed by atoms with Crippen LogP contribution in [0.15, 0.2) is 12.7 Å². The highest BCUT2D eigenvalue weighted by Crippen LogP contribution is 2.46. The zero-order valence-corrected chi connectivity index (χ0v) is 6.26. The van der Waals surface area contributed by atoms with Gasteiger partial charge in [-0.25, -0.2) is 0 Å². The summed E-state index contributed by atoms with van der Waals surface area (Å²) in [5.74, 6) is 1.22. The van der Waals surface area contributed by atoms with Crippen molar-refractivity contribution in [3.63, 3.8) is 0 Å². The monoisotopic (exact) mass is 148 g/mol. The Hall–Kier alpha value is 0.380. The van der Waals surface area contributed by atoms with E-state index in [0.717, 1.165) is 12.8 Å². The Balaban J connectivity index is 2.29. The Bertz CT molecular complexity index is 96.7. The quantitative estimate of drug-likeness (QED) is 0.429. The Morgan fingerprint density at radius 1 is 1.88 bits per heavy atom. The molecule has 1 atom stereocenters. The van der Waals surface area contributed by atoms with E-state index >= 15 is 0 Å². The Kier molecular flexibility index (Phi) is 1.88. The molecule has 0 amide bonds. The van der Waals surface area contributed by atoms with Gasteiger partial charge in [0.2, 0.25) is 0 Å². The SMILES string of the molecule is C=CCC1(Cl)CCS1. The molecule has 0 saturated carbocycles. The molecule has 2 heteroatoms. The molecule has 0 nitrogen and oxygen atoms in total. The highest BCUT2D eigenvalue weighted by molar-refractivity contribution is 8.03. The van der Waals surface area contributed by atoms with E-state index in [2.05, 4.69) is 6.58 Å². The van der Waals surface area contributed by atoms with E-state index in [4.69, 9.17) is 11.6 Å². The molecule has 0 spiro atoms. The fraction of sp³-hybridized carbons (Fsp3) is 0.667. The van der Waals surface area contributed by atoms with Crippen molar-refractivity contribution in [1.82, 2.24) is 0 Å². The maximum atomic E-state index is 6.00. The van der Waals surface area contributed by atoms with Gasteiger partial charge in [0.05, 0.1) is 4.21 Å². The summed E-state index contributed by atoms with van der Waals surface area (Å²) in [7, 11) is 0. The second kappa shape index (κ2) is 2.32. The van der Waals surface area contributed by atoms with Gasteiger partial charge in [-0.15, -0.1) is 29.9 Å². The van der Waals surface area contributed by atoms with Crippen molar-refractivity contribution < 1.29 is 0 Å². The molecule has 0 aliphatic carbocycles. The first kappa shape index (κ1) is 6.50. The number of hydrogen-bond donors (Lipinski definition) is 0. The smallest absolute Gasteiger partial charge is 0.0938 e. The van der Waals surface area contributed by atoms with Gasteiger partial charge in [-0.3, -0.25) is 0 Å². The Morgan fingerprint density at radius 2 is 2.50 bits per heavy atom. The number of allylic oxidation sites excluding steroid dienone is 1. The Morgan fingerprint density at radius 3 is 2.62 bits per heavy atom. The molecule has 1 heterocycles. The zero-order chi connectivity index (χ0) is 6.04. The average molecular weight is 149 g/mol. The summed E-state index contributed by atoms with van der Waals surface area (Å²) in [5.41, 5.74) is 0. The van der Waals surface area contributed by atoms with Crippen molar-refractivity contribution in [2.24, 2.45) is 0 Å². The summed E-state index contributed by atoms with van der Waals surface area (Å²) in [6.45, 7) is 3.63. The van der Waals surface area contributed by atoms with Gasteiger partial charge in [-0.2, -0.15) is 0 Å². The topological polar surface area (TPSA) is 0 Å². The highest BCUT2D eigenvalue weighted by atomic mass is 35.5. The van der Waals surface area contributed by atoms with Crippen LogP contribution in [0.1, 0.15) is 12.8 Å². The molecule has 1 unspecified atom stereocenters. The number of alkyl halides is 1. The predicted octanol–water partition coefficient (Wildman–Crippen LogP) is 2.63. The third-order valence-electron chi connectivity index (χ3n) is 1.29. The molecule has 0 bridgehead atoms. The molecule has 8 heavy (non-hydrogen) atoms. The fourth-order valence-electron chi connectivity index (χ4n) is 0.700. The van der Waals surface area contributed by atoms with Crippen molar-refractivity contribution in [1.29, 1.82) is 0 Å². The lowest BCUT2D eigenvalue weighted by molar-refractivity contribution is 0.728. The van der Waals surface area contributed by atoms with Crippen LogP contribution in [0.2, 0.25) is 0 Å². The van der Waals surface area contributed by atoms with E-state index in [0.29, 0.717) is 0 Å². The third kappa shape index (κ3) is 1.20. The predicted molar refractivity (Wildman–Crippen MR) is 40.5 cm³/mol. The lowest BCUT2D eigenvalue weighted by atomic mass is 10.2. The van der Waals surface area contributed by atoms with E-state index in [9.17, 15) is 0 Å². The maximum Gasteiger partial charge on any atom is 0.0938 e. The molecule has 0 aromatic heterocycles. The van der Waals surface area contributed by atoms with E-state index in [1.54, 1.807) is 0 Å². The number of halogens is 1. The molecular formula is C6H9ClS. The standard InChI is InChI=1S/C6H9ClS/c1-2-3-6(7)4-5-8-6/h2H,1,3-5H2. The lowest BCUT2D eigenvalue weighted by Crippen LogP contribution is -2.26. The first-order valence-electron chi connectivity index (χ1n) is 2.71. The van der Waals surface area contributed by atoms with Gasteiger partial charge in [0.15, 0.2) is 0 Å². The summed E-state index contributed by atoms with van der Waals surface area (Å²) in [6, 6.07) is 0. The van der Waals surface area contributed by atoms with E-state index in [1.165, 1.54) is 5.75 Å². The number of rotatable bonds is 2. The van der Waals surface area contributed by atoms with Crippen LogP contribution in [0, 0.1) is 0 Å². The van der Waals surface area contributed by atoms with Crippen molar-refractivity contribution in [2.75, 3.05) is 5.75 Å². The molecule has 0 radical (unpaired) electrons. The van der Waals surface area contributed by atoms with Crippen LogP contribution in [0.3, 0.4) is 0 Å². The van der Waals surface area contributed by atoms with Crippen LogP contribution in [0.5, 0.6) is 0 Å². The third-order valence-corrected chi connectivity index (χ3v) is 3.25. The summed E-state index contributed by atoms with van der Waals surface area (Å²) in [5, 5.41) is 0. The van der Waals surface area contributed by atoms with Crippen molar-refractivity contribution in [3.8, 4) is 0 Å². The molecule has 1 aliphatic rings. The summed E-state index contributed by atoms with van der Waals surface area (Å²) in [4.78, 5) is 0. The largest absolute Gasteiger partial charge is 0.138 e. The van der Waals surface area contributed by atoms with Crippen molar-refractivity contribution >= 4 is 23.4 Å². The lowest BCUT2D eigenvalue weighted by Gasteiger charge is -2.33. The van der Waals surface area contributed by atoms with Gasteiger partial charge in [0.1, 0.15) is 0 Å². The first-order chi connectivity index (χ1) is 3.77. The molecule has 0 aromatic rings. The number of hydrogen-bond acceptors (Lipinski definition) is 1. The summed E-state index contributed by atoms with van der Waals surface area (Å²) < 4.78 is 0.0434. The van der Waals surface area contributed by atoms with E-state index < -0.39 is 0 Å². The molecule has 0 aromatic carbocycles. The van der Waals surface area contributed by atoms with Gasteiger partial charge < -0.3 is 0 Å². The molecule has 1 rings (SSSR count). The van der Waals surface area contributed by atoms with Gasteiger partial charge in [-0.1, -0.05) is 6.08 Å². The van der Waals surface area contributed by atoms with Crippen molar-refractivity contribution in [2.45, 2.75) is 17.0 Å². The van der Waals surface area contributed by atoms with Crippen LogP contribution in [-0.2, 0) is 0 Å². The second-order valence-electron chi connectivity index (χ2n) is 1.97. The molecule has 0 N–H and O–H groups in total. The zero-order valence-electron chi connectivity index (χ0n) is 4.69. The molecule has 1 fully saturated rings. The minimum Gasteiger partial charge on any atom is -0.138 e. The van der Waals surface area contributed by atoms with Crippen LogP contribution in [-0.4, -0.2) is 9.96 Å². The summed E-state index contributed by atoms with van der Waals surface area (Å²) >= 11 is 7.83. The fourth-order valence-corrected chi connectivity index (χ4v) is 2.15. The van der Waals surface area contributed by atoms with Gasteiger partial charge >= 0.3 is 0 Å². The normalized spacial score (nSPS) is 36.1. The van der Waals surface area contributed by atoms with Gasteiger partial charge in [0.25, 0.3) is 0 Å². The van der Waals surface area contributed by atoms with Crippen LogP contribution >= 0.6 is 23.4 Å². The van der Waals surface area contributed by atoms with Gasteiger partial charge in [0, 0.05) is 0 Å². The van der Waals surface area contributed by atoms with Crippen LogP contribution in [0.4, 0.5) is 0 Å². The minimum atomic E-state index is 0.0434. The molecule has 46 valence electrons. The molecule has 1 saturated heterocycles. The number of thioether (sulfide) groups is 1. The second-order valence-corrected chi connectivity index (χ2v) is 4.40.